The minimum absolute atomic E-state index is 0.0125. The van der Waals surface area contributed by atoms with Gasteiger partial charge in [0.05, 0.1) is 18.8 Å². The Morgan fingerprint density at radius 3 is 2.92 bits per heavy atom. The zero-order valence-electron chi connectivity index (χ0n) is 8.28. The van der Waals surface area contributed by atoms with Gasteiger partial charge in [-0.15, -0.1) is 0 Å². The summed E-state index contributed by atoms with van der Waals surface area (Å²) < 4.78 is 5.52. The maximum Gasteiger partial charge on any atom is 0.0936 e. The highest BCUT2D eigenvalue weighted by Crippen LogP contribution is 2.10. The SMILES string of the molecule is CC1CN(CCCN)CC(CO)O1. The van der Waals surface area contributed by atoms with E-state index < -0.39 is 0 Å². The molecule has 0 amide bonds. The minimum atomic E-state index is -0.0125. The van der Waals surface area contributed by atoms with E-state index in [-0.39, 0.29) is 18.8 Å². The van der Waals surface area contributed by atoms with E-state index in [4.69, 9.17) is 15.6 Å². The van der Waals surface area contributed by atoms with E-state index in [1.165, 1.54) is 0 Å². The van der Waals surface area contributed by atoms with Crippen LogP contribution in [0.4, 0.5) is 0 Å². The van der Waals surface area contributed by atoms with Crippen molar-refractivity contribution in [2.75, 3.05) is 32.8 Å². The van der Waals surface area contributed by atoms with E-state index in [0.29, 0.717) is 0 Å². The molecule has 0 saturated carbocycles. The molecule has 1 rings (SSSR count). The fraction of sp³-hybridized carbons (Fsp3) is 1.00. The Labute approximate surface area is 79.7 Å². The first-order chi connectivity index (χ1) is 6.26. The molecular formula is C9H20N2O2. The molecule has 0 bridgehead atoms. The predicted octanol–water partition coefficient (Wildman–Crippen LogP) is -0.583. The molecule has 0 aromatic rings. The van der Waals surface area contributed by atoms with Gasteiger partial charge in [-0.25, -0.2) is 0 Å². The summed E-state index contributed by atoms with van der Waals surface area (Å²) in [5, 5.41) is 8.98. The first-order valence-electron chi connectivity index (χ1n) is 4.95. The lowest BCUT2D eigenvalue weighted by Gasteiger charge is -2.35. The predicted molar refractivity (Wildman–Crippen MR) is 51.5 cm³/mol. The van der Waals surface area contributed by atoms with Gasteiger partial charge in [0.1, 0.15) is 0 Å². The number of morpholine rings is 1. The van der Waals surface area contributed by atoms with Crippen molar-refractivity contribution in [1.29, 1.82) is 0 Å². The molecule has 0 aromatic heterocycles. The second-order valence-electron chi connectivity index (χ2n) is 3.65. The van der Waals surface area contributed by atoms with Crippen LogP contribution in [-0.2, 0) is 4.74 Å². The fourth-order valence-electron chi connectivity index (χ4n) is 1.74. The summed E-state index contributed by atoms with van der Waals surface area (Å²) in [4.78, 5) is 2.31. The Morgan fingerprint density at radius 2 is 2.31 bits per heavy atom. The van der Waals surface area contributed by atoms with Crippen LogP contribution in [0.5, 0.6) is 0 Å². The number of hydrogen-bond acceptors (Lipinski definition) is 4. The normalized spacial score (nSPS) is 30.7. The Hall–Kier alpha value is -0.160. The molecule has 0 aliphatic carbocycles. The van der Waals surface area contributed by atoms with Gasteiger partial charge in [0.15, 0.2) is 0 Å². The smallest absolute Gasteiger partial charge is 0.0936 e. The minimum Gasteiger partial charge on any atom is -0.394 e. The van der Waals surface area contributed by atoms with Crippen molar-refractivity contribution in [3.8, 4) is 0 Å². The summed E-state index contributed by atoms with van der Waals surface area (Å²) in [6, 6.07) is 0. The number of nitrogens with zero attached hydrogens (tertiary/aromatic N) is 1. The molecule has 3 N–H and O–H groups in total. The lowest BCUT2D eigenvalue weighted by atomic mass is 10.2. The summed E-state index contributed by atoms with van der Waals surface area (Å²) in [6.45, 7) is 5.69. The molecule has 1 aliphatic rings. The topological polar surface area (TPSA) is 58.7 Å². The van der Waals surface area contributed by atoms with Crippen LogP contribution in [0, 0.1) is 0 Å². The molecular weight excluding hydrogens is 168 g/mol. The van der Waals surface area contributed by atoms with Gasteiger partial charge in [-0.1, -0.05) is 0 Å². The number of rotatable bonds is 4. The van der Waals surface area contributed by atoms with Gasteiger partial charge < -0.3 is 15.6 Å². The monoisotopic (exact) mass is 188 g/mol. The van der Waals surface area contributed by atoms with Crippen LogP contribution in [0.2, 0.25) is 0 Å². The Morgan fingerprint density at radius 1 is 1.54 bits per heavy atom. The van der Waals surface area contributed by atoms with E-state index in [1.54, 1.807) is 0 Å². The molecule has 1 aliphatic heterocycles. The van der Waals surface area contributed by atoms with E-state index in [9.17, 15) is 0 Å². The largest absolute Gasteiger partial charge is 0.394 e. The van der Waals surface area contributed by atoms with Gasteiger partial charge in [-0.3, -0.25) is 4.90 Å². The van der Waals surface area contributed by atoms with Crippen LogP contribution in [-0.4, -0.2) is 55.0 Å². The molecule has 0 radical (unpaired) electrons. The Kier molecular flexibility index (Phi) is 4.66. The highest BCUT2D eigenvalue weighted by molar-refractivity contribution is 4.75. The third-order valence-electron chi connectivity index (χ3n) is 2.28. The van der Waals surface area contributed by atoms with E-state index in [2.05, 4.69) is 4.90 Å². The quantitative estimate of drug-likeness (QED) is 0.619. The average Bonchev–Trinajstić information content (AvgIpc) is 2.14. The number of nitrogens with two attached hydrogens (primary N) is 1. The van der Waals surface area contributed by atoms with Crippen molar-refractivity contribution in [2.45, 2.75) is 25.6 Å². The van der Waals surface area contributed by atoms with Gasteiger partial charge in [0, 0.05) is 13.1 Å². The number of hydrogen-bond donors (Lipinski definition) is 2. The maximum absolute atomic E-state index is 8.98. The fourth-order valence-corrected chi connectivity index (χ4v) is 1.74. The van der Waals surface area contributed by atoms with Crippen molar-refractivity contribution in [3.63, 3.8) is 0 Å². The van der Waals surface area contributed by atoms with E-state index in [0.717, 1.165) is 32.6 Å². The third-order valence-corrected chi connectivity index (χ3v) is 2.28. The van der Waals surface area contributed by atoms with Crippen molar-refractivity contribution in [1.82, 2.24) is 4.90 Å². The third kappa shape index (κ3) is 3.60. The lowest BCUT2D eigenvalue weighted by Crippen LogP contribution is -2.48. The van der Waals surface area contributed by atoms with E-state index in [1.807, 2.05) is 6.92 Å². The summed E-state index contributed by atoms with van der Waals surface area (Å²) in [6.07, 6.45) is 1.23. The Balaban J connectivity index is 2.29. The standard InChI is InChI=1S/C9H20N2O2/c1-8-5-11(4-2-3-10)6-9(7-12)13-8/h8-9,12H,2-7,10H2,1H3. The van der Waals surface area contributed by atoms with Crippen LogP contribution in [0.3, 0.4) is 0 Å². The lowest BCUT2D eigenvalue weighted by molar-refractivity contribution is -0.0950. The number of aliphatic hydroxyl groups is 1. The molecule has 4 nitrogen and oxygen atoms in total. The molecule has 78 valence electrons. The van der Waals surface area contributed by atoms with Crippen LogP contribution in [0.1, 0.15) is 13.3 Å². The van der Waals surface area contributed by atoms with Crippen molar-refractivity contribution in [3.05, 3.63) is 0 Å². The van der Waals surface area contributed by atoms with Crippen LogP contribution in [0.15, 0.2) is 0 Å². The second-order valence-corrected chi connectivity index (χ2v) is 3.65. The Bertz CT molecular complexity index is 144. The maximum atomic E-state index is 8.98. The molecule has 1 fully saturated rings. The van der Waals surface area contributed by atoms with Gasteiger partial charge >= 0.3 is 0 Å². The summed E-state index contributed by atoms with van der Waals surface area (Å²) in [5.74, 6) is 0. The van der Waals surface area contributed by atoms with E-state index >= 15 is 0 Å². The average molecular weight is 188 g/mol. The highest BCUT2D eigenvalue weighted by atomic mass is 16.5. The number of ether oxygens (including phenoxy) is 1. The molecule has 1 saturated heterocycles. The molecule has 0 spiro atoms. The van der Waals surface area contributed by atoms with Gasteiger partial charge in [0.2, 0.25) is 0 Å². The van der Waals surface area contributed by atoms with Crippen LogP contribution in [0.25, 0.3) is 0 Å². The first kappa shape index (κ1) is 10.9. The zero-order valence-corrected chi connectivity index (χ0v) is 8.28. The summed E-state index contributed by atoms with van der Waals surface area (Å²) in [7, 11) is 0. The molecule has 2 unspecified atom stereocenters. The summed E-state index contributed by atoms with van der Waals surface area (Å²) >= 11 is 0. The van der Waals surface area contributed by atoms with Crippen molar-refractivity contribution in [2.24, 2.45) is 5.73 Å². The molecule has 4 heteroatoms. The second kappa shape index (κ2) is 5.54. The van der Waals surface area contributed by atoms with Crippen molar-refractivity contribution >= 4 is 0 Å². The van der Waals surface area contributed by atoms with Crippen LogP contribution < -0.4 is 5.73 Å². The number of aliphatic hydroxyl groups excluding tert-OH is 1. The first-order valence-corrected chi connectivity index (χ1v) is 4.95. The summed E-state index contributed by atoms with van der Waals surface area (Å²) in [5.41, 5.74) is 5.44. The zero-order chi connectivity index (χ0) is 9.68. The van der Waals surface area contributed by atoms with Crippen LogP contribution >= 0.6 is 0 Å². The van der Waals surface area contributed by atoms with Gasteiger partial charge in [0.25, 0.3) is 0 Å². The highest BCUT2D eigenvalue weighted by Gasteiger charge is 2.23. The molecule has 2 atom stereocenters. The molecule has 0 aromatic carbocycles. The van der Waals surface area contributed by atoms with Gasteiger partial charge in [-0.05, 0) is 26.4 Å². The molecule has 1 heterocycles. The van der Waals surface area contributed by atoms with Gasteiger partial charge in [-0.2, -0.15) is 0 Å². The van der Waals surface area contributed by atoms with Crippen molar-refractivity contribution < 1.29 is 9.84 Å². The molecule has 13 heavy (non-hydrogen) atoms.